The first-order valence-corrected chi connectivity index (χ1v) is 5.79. The van der Waals surface area contributed by atoms with Crippen molar-refractivity contribution >= 4 is 11.9 Å². The summed E-state index contributed by atoms with van der Waals surface area (Å²) in [4.78, 5) is 22.7. The van der Waals surface area contributed by atoms with Gasteiger partial charge in [0.1, 0.15) is 0 Å². The van der Waals surface area contributed by atoms with Crippen molar-refractivity contribution < 1.29 is 9.59 Å². The summed E-state index contributed by atoms with van der Waals surface area (Å²) in [6, 6.07) is 7.47. The monoisotopic (exact) mass is 232 g/mol. The van der Waals surface area contributed by atoms with E-state index >= 15 is 0 Å². The van der Waals surface area contributed by atoms with Crippen molar-refractivity contribution in [2.75, 3.05) is 0 Å². The Morgan fingerprint density at radius 2 is 2.12 bits per heavy atom. The number of benzene rings is 1. The lowest BCUT2D eigenvalue weighted by Gasteiger charge is -2.06. The average molecular weight is 232 g/mol. The molecule has 0 atom stereocenters. The van der Waals surface area contributed by atoms with E-state index in [9.17, 15) is 9.59 Å². The molecule has 0 unspecified atom stereocenters. The molecule has 1 aliphatic carbocycles. The molecule has 0 radical (unpaired) electrons. The lowest BCUT2D eigenvalue weighted by atomic mass is 10.1. The molecule has 4 heteroatoms. The van der Waals surface area contributed by atoms with E-state index < -0.39 is 6.03 Å². The zero-order chi connectivity index (χ0) is 12.3. The number of hydrogen-bond donors (Lipinski definition) is 2. The summed E-state index contributed by atoms with van der Waals surface area (Å²) in [7, 11) is 0. The molecule has 1 saturated carbocycles. The second-order valence-corrected chi connectivity index (χ2v) is 4.44. The number of urea groups is 1. The van der Waals surface area contributed by atoms with Crippen LogP contribution in [0.15, 0.2) is 24.3 Å². The van der Waals surface area contributed by atoms with Gasteiger partial charge < -0.3 is 5.32 Å². The molecule has 3 amide bonds. The Hall–Kier alpha value is -1.84. The number of carbonyl (C=O) groups is 2. The highest BCUT2D eigenvalue weighted by Gasteiger charge is 2.30. The van der Waals surface area contributed by atoms with E-state index in [2.05, 4.69) is 10.6 Å². The molecule has 0 saturated heterocycles. The lowest BCUT2D eigenvalue weighted by Crippen LogP contribution is -2.39. The fourth-order valence-corrected chi connectivity index (χ4v) is 1.61. The molecule has 4 nitrogen and oxygen atoms in total. The molecule has 0 bridgehead atoms. The summed E-state index contributed by atoms with van der Waals surface area (Å²) < 4.78 is 0. The summed E-state index contributed by atoms with van der Waals surface area (Å²) >= 11 is 0. The van der Waals surface area contributed by atoms with Crippen molar-refractivity contribution in [3.63, 3.8) is 0 Å². The van der Waals surface area contributed by atoms with Crippen molar-refractivity contribution in [3.8, 4) is 0 Å². The summed E-state index contributed by atoms with van der Waals surface area (Å²) in [6.45, 7) is 2.44. The van der Waals surface area contributed by atoms with Gasteiger partial charge in [0, 0.05) is 12.5 Å². The van der Waals surface area contributed by atoms with Crippen LogP contribution in [0.3, 0.4) is 0 Å². The lowest BCUT2D eigenvalue weighted by molar-refractivity contribution is -0.121. The molecule has 2 N–H and O–H groups in total. The van der Waals surface area contributed by atoms with Gasteiger partial charge in [-0.05, 0) is 25.3 Å². The van der Waals surface area contributed by atoms with Gasteiger partial charge in [-0.1, -0.05) is 29.8 Å². The molecule has 90 valence electrons. The maximum absolute atomic E-state index is 11.4. The third-order valence-corrected chi connectivity index (χ3v) is 2.72. The first-order chi connectivity index (χ1) is 8.15. The highest BCUT2D eigenvalue weighted by molar-refractivity contribution is 5.96. The third kappa shape index (κ3) is 3.59. The minimum Gasteiger partial charge on any atom is -0.334 e. The molecule has 1 aromatic carbocycles. The Morgan fingerprint density at radius 1 is 1.35 bits per heavy atom. The normalized spacial score (nSPS) is 14.2. The van der Waals surface area contributed by atoms with E-state index in [0.29, 0.717) is 6.54 Å². The van der Waals surface area contributed by atoms with Crippen molar-refractivity contribution in [1.82, 2.24) is 10.6 Å². The Kier molecular flexibility index (Phi) is 3.42. The molecule has 17 heavy (non-hydrogen) atoms. The molecular weight excluding hydrogens is 216 g/mol. The van der Waals surface area contributed by atoms with Gasteiger partial charge in [0.25, 0.3) is 0 Å². The van der Waals surface area contributed by atoms with Gasteiger partial charge in [0.2, 0.25) is 5.91 Å². The molecular formula is C13H16N2O2. The molecule has 0 spiro atoms. The summed E-state index contributed by atoms with van der Waals surface area (Å²) in [5.74, 6) is -0.105. The van der Waals surface area contributed by atoms with Gasteiger partial charge >= 0.3 is 6.03 Å². The molecule has 0 aliphatic heterocycles. The summed E-state index contributed by atoms with van der Waals surface area (Å²) in [5.41, 5.74) is 2.18. The predicted octanol–water partition coefficient (Wildman–Crippen LogP) is 1.73. The molecule has 0 heterocycles. The van der Waals surface area contributed by atoms with Gasteiger partial charge in [-0.3, -0.25) is 10.1 Å². The molecule has 1 aromatic rings. The van der Waals surface area contributed by atoms with E-state index in [1.54, 1.807) is 0 Å². The topological polar surface area (TPSA) is 58.2 Å². The molecule has 1 fully saturated rings. The zero-order valence-electron chi connectivity index (χ0n) is 9.82. The Bertz CT molecular complexity index is 439. The highest BCUT2D eigenvalue weighted by atomic mass is 16.2. The van der Waals surface area contributed by atoms with Crippen LogP contribution in [0, 0.1) is 12.8 Å². The van der Waals surface area contributed by atoms with Crippen molar-refractivity contribution in [2.45, 2.75) is 26.3 Å². The quantitative estimate of drug-likeness (QED) is 0.833. The highest BCUT2D eigenvalue weighted by Crippen LogP contribution is 2.28. The number of carbonyl (C=O) groups excluding carboxylic acids is 2. The van der Waals surface area contributed by atoms with Gasteiger partial charge in [0.15, 0.2) is 0 Å². The van der Waals surface area contributed by atoms with E-state index in [4.69, 9.17) is 0 Å². The smallest absolute Gasteiger partial charge is 0.321 e. The fourth-order valence-electron chi connectivity index (χ4n) is 1.61. The number of nitrogens with one attached hydrogen (secondary N) is 2. The average Bonchev–Trinajstić information content (AvgIpc) is 3.10. The largest absolute Gasteiger partial charge is 0.334 e. The molecule has 1 aliphatic rings. The van der Waals surface area contributed by atoms with Crippen LogP contribution in [-0.4, -0.2) is 11.9 Å². The maximum atomic E-state index is 11.4. The summed E-state index contributed by atoms with van der Waals surface area (Å²) in [6.07, 6.45) is 1.80. The van der Waals surface area contributed by atoms with Crippen LogP contribution in [0.5, 0.6) is 0 Å². The van der Waals surface area contributed by atoms with Crippen LogP contribution in [0.25, 0.3) is 0 Å². The number of imide groups is 1. The van der Waals surface area contributed by atoms with Gasteiger partial charge in [0.05, 0.1) is 0 Å². The van der Waals surface area contributed by atoms with Crippen LogP contribution < -0.4 is 10.6 Å². The van der Waals surface area contributed by atoms with Crippen molar-refractivity contribution in [2.24, 2.45) is 5.92 Å². The number of rotatable bonds is 3. The number of aryl methyl sites for hydroxylation is 1. The van der Waals surface area contributed by atoms with Crippen LogP contribution in [0.4, 0.5) is 4.79 Å². The Balaban J connectivity index is 1.77. The van der Waals surface area contributed by atoms with Gasteiger partial charge in [-0.25, -0.2) is 4.79 Å². The minimum absolute atomic E-state index is 0.0553. The second kappa shape index (κ2) is 4.99. The second-order valence-electron chi connectivity index (χ2n) is 4.44. The van der Waals surface area contributed by atoms with Crippen LogP contribution in [-0.2, 0) is 11.3 Å². The first kappa shape index (κ1) is 11.6. The fraction of sp³-hybridized carbons (Fsp3) is 0.385. The molecule has 0 aromatic heterocycles. The third-order valence-electron chi connectivity index (χ3n) is 2.72. The number of hydrogen-bond acceptors (Lipinski definition) is 2. The van der Waals surface area contributed by atoms with Crippen LogP contribution in [0.2, 0.25) is 0 Å². The Morgan fingerprint density at radius 3 is 2.76 bits per heavy atom. The van der Waals surface area contributed by atoms with E-state index in [1.165, 1.54) is 0 Å². The van der Waals surface area contributed by atoms with E-state index in [1.807, 2.05) is 31.2 Å². The van der Waals surface area contributed by atoms with E-state index in [0.717, 1.165) is 24.0 Å². The Labute approximate surface area is 100 Å². The van der Waals surface area contributed by atoms with Crippen molar-refractivity contribution in [1.29, 1.82) is 0 Å². The van der Waals surface area contributed by atoms with Crippen LogP contribution in [0.1, 0.15) is 24.0 Å². The molecule has 2 rings (SSSR count). The predicted molar refractivity (Wildman–Crippen MR) is 64.3 cm³/mol. The SMILES string of the molecule is Cc1cccc(CNC(=O)NC(=O)C2CC2)c1. The minimum atomic E-state index is -0.414. The zero-order valence-corrected chi connectivity index (χ0v) is 9.82. The number of amides is 3. The standard InChI is InChI=1S/C13H16N2O2/c1-9-3-2-4-10(7-9)8-14-13(17)15-12(16)11-5-6-11/h2-4,7,11H,5-6,8H2,1H3,(H2,14,15,16,17). The van der Waals surface area contributed by atoms with Gasteiger partial charge in [-0.15, -0.1) is 0 Å². The van der Waals surface area contributed by atoms with E-state index in [-0.39, 0.29) is 11.8 Å². The van der Waals surface area contributed by atoms with Gasteiger partial charge in [-0.2, -0.15) is 0 Å². The van der Waals surface area contributed by atoms with Crippen LogP contribution >= 0.6 is 0 Å². The summed E-state index contributed by atoms with van der Waals surface area (Å²) in [5, 5.41) is 5.01. The first-order valence-electron chi connectivity index (χ1n) is 5.79. The maximum Gasteiger partial charge on any atom is 0.321 e. The van der Waals surface area contributed by atoms with Crippen molar-refractivity contribution in [3.05, 3.63) is 35.4 Å².